The van der Waals surface area contributed by atoms with Crippen LogP contribution in [0, 0.1) is 23.3 Å². The highest BCUT2D eigenvalue weighted by Gasteiger charge is 2.15. The molecule has 8 heteroatoms. The van der Waals surface area contributed by atoms with Gasteiger partial charge in [0.25, 0.3) is 0 Å². The lowest BCUT2D eigenvalue weighted by Crippen LogP contribution is -1.83. The summed E-state index contributed by atoms with van der Waals surface area (Å²) in [5.41, 5.74) is 0.641. The number of hydrogen-bond acceptors (Lipinski definition) is 4. The van der Waals surface area contributed by atoms with Crippen LogP contribution in [0.15, 0.2) is 36.4 Å². The lowest BCUT2D eigenvalue weighted by molar-refractivity contribution is 0.583. The molecule has 0 aliphatic carbocycles. The number of benzene rings is 2. The van der Waals surface area contributed by atoms with Crippen molar-refractivity contribution in [1.29, 1.82) is 0 Å². The average molecular weight is 366 g/mol. The van der Waals surface area contributed by atoms with Crippen molar-refractivity contribution in [2.24, 2.45) is 0 Å². The molecule has 0 atom stereocenters. The second-order valence-electron chi connectivity index (χ2n) is 4.96. The average Bonchev–Trinajstić information content (AvgIpc) is 3.03. The van der Waals surface area contributed by atoms with E-state index in [0.717, 1.165) is 34.8 Å². The molecule has 0 aliphatic rings. The van der Waals surface area contributed by atoms with Gasteiger partial charge >= 0.3 is 0 Å². The minimum Gasteiger partial charge on any atom is -0.223 e. The van der Waals surface area contributed by atoms with Gasteiger partial charge in [-0.05, 0) is 24.3 Å². The number of halogens is 4. The number of nitrogens with zero attached hydrogens (tertiary/aromatic N) is 2. The van der Waals surface area contributed by atoms with Gasteiger partial charge in [-0.1, -0.05) is 22.7 Å². The second-order valence-corrected chi connectivity index (χ2v) is 6.92. The first-order valence-corrected chi connectivity index (χ1v) is 8.31. The first-order valence-electron chi connectivity index (χ1n) is 6.68. The zero-order valence-corrected chi connectivity index (χ0v) is 13.3. The van der Waals surface area contributed by atoms with E-state index in [4.69, 9.17) is 0 Å². The predicted octanol–water partition coefficient (Wildman–Crippen LogP) is 5.64. The Labute approximate surface area is 141 Å². The maximum Gasteiger partial charge on any atom is 0.155 e. The van der Waals surface area contributed by atoms with Crippen LogP contribution in [0.25, 0.3) is 30.8 Å². The van der Waals surface area contributed by atoms with Gasteiger partial charge in [-0.2, -0.15) is 0 Å². The monoisotopic (exact) mass is 366 g/mol. The fourth-order valence-corrected chi connectivity index (χ4v) is 4.26. The third kappa shape index (κ3) is 2.78. The van der Waals surface area contributed by atoms with E-state index in [9.17, 15) is 17.6 Å². The molecule has 0 aliphatic heterocycles. The van der Waals surface area contributed by atoms with Crippen molar-refractivity contribution in [3.05, 3.63) is 59.7 Å². The largest absolute Gasteiger partial charge is 0.223 e. The van der Waals surface area contributed by atoms with Crippen molar-refractivity contribution in [1.82, 2.24) is 9.97 Å². The fraction of sp³-hybridized carbons (Fsp3) is 0. The molecule has 2 aromatic heterocycles. The van der Waals surface area contributed by atoms with Crippen molar-refractivity contribution in [3.8, 4) is 21.1 Å². The number of thiazole rings is 2. The van der Waals surface area contributed by atoms with E-state index < -0.39 is 23.3 Å². The highest BCUT2D eigenvalue weighted by molar-refractivity contribution is 7.29. The summed E-state index contributed by atoms with van der Waals surface area (Å²) < 4.78 is 53.2. The lowest BCUT2D eigenvalue weighted by Gasteiger charge is -1.98. The molecule has 0 saturated heterocycles. The molecular weight excluding hydrogens is 360 g/mol. The van der Waals surface area contributed by atoms with Gasteiger partial charge in [-0.25, -0.2) is 27.5 Å². The van der Waals surface area contributed by atoms with Crippen molar-refractivity contribution >= 4 is 32.3 Å². The highest BCUT2D eigenvalue weighted by atomic mass is 32.1. The molecule has 0 N–H and O–H groups in total. The predicted molar refractivity (Wildman–Crippen MR) is 86.0 cm³/mol. The van der Waals surface area contributed by atoms with Crippen LogP contribution in [0.3, 0.4) is 0 Å². The normalized spacial score (nSPS) is 11.3. The molecule has 24 heavy (non-hydrogen) atoms. The molecule has 4 rings (SSSR count). The zero-order valence-electron chi connectivity index (χ0n) is 11.7. The third-order valence-electron chi connectivity index (χ3n) is 3.19. The second kappa shape index (κ2) is 5.64. The topological polar surface area (TPSA) is 25.8 Å². The maximum absolute atomic E-state index is 13.3. The first-order chi connectivity index (χ1) is 11.5. The Kier molecular flexibility index (Phi) is 3.58. The zero-order chi connectivity index (χ0) is 16.8. The summed E-state index contributed by atoms with van der Waals surface area (Å²) in [6, 6.07) is 6.33. The minimum absolute atomic E-state index is 0.320. The van der Waals surface area contributed by atoms with E-state index in [1.54, 1.807) is 0 Å². The molecule has 0 bridgehead atoms. The molecular formula is C16H6F4N2S2. The first kappa shape index (κ1) is 15.2. The summed E-state index contributed by atoms with van der Waals surface area (Å²) in [4.78, 5) is 9.70. The Morgan fingerprint density at radius 1 is 0.542 bits per heavy atom. The van der Waals surface area contributed by atoms with Gasteiger partial charge in [0.05, 0.1) is 0 Å². The molecule has 120 valence electrons. The molecule has 0 amide bonds. The molecule has 2 heterocycles. The Bertz CT molecular complexity index is 918. The van der Waals surface area contributed by atoms with Gasteiger partial charge in [-0.15, -0.1) is 0 Å². The molecule has 2 aromatic carbocycles. The van der Waals surface area contributed by atoms with E-state index in [1.807, 2.05) is 0 Å². The third-order valence-corrected chi connectivity index (χ3v) is 5.32. The van der Waals surface area contributed by atoms with Crippen LogP contribution in [0.4, 0.5) is 17.6 Å². The van der Waals surface area contributed by atoms with E-state index in [1.165, 1.54) is 24.3 Å². The molecule has 4 aromatic rings. The van der Waals surface area contributed by atoms with Gasteiger partial charge in [0.15, 0.2) is 9.66 Å². The Morgan fingerprint density at radius 2 is 0.875 bits per heavy atom. The summed E-state index contributed by atoms with van der Waals surface area (Å²) in [5, 5.41) is 0.859. The van der Waals surface area contributed by atoms with Crippen molar-refractivity contribution in [2.75, 3.05) is 0 Å². The minimum atomic E-state index is -0.688. The number of hydrogen-bond donors (Lipinski definition) is 0. The molecule has 0 radical (unpaired) electrons. The van der Waals surface area contributed by atoms with E-state index in [2.05, 4.69) is 9.97 Å². The van der Waals surface area contributed by atoms with Gasteiger partial charge in [-0.3, -0.25) is 0 Å². The quantitative estimate of drug-likeness (QED) is 0.429. The van der Waals surface area contributed by atoms with E-state index in [0.29, 0.717) is 30.8 Å². The lowest BCUT2D eigenvalue weighted by atomic mass is 10.2. The van der Waals surface area contributed by atoms with Crippen LogP contribution in [-0.4, -0.2) is 9.97 Å². The van der Waals surface area contributed by atoms with E-state index >= 15 is 0 Å². The van der Waals surface area contributed by atoms with Crippen LogP contribution in [0.5, 0.6) is 0 Å². The molecule has 0 spiro atoms. The fourth-order valence-electron chi connectivity index (χ4n) is 2.24. The Morgan fingerprint density at radius 3 is 1.21 bits per heavy atom. The van der Waals surface area contributed by atoms with Crippen molar-refractivity contribution in [3.63, 3.8) is 0 Å². The maximum atomic E-state index is 13.3. The molecule has 0 saturated carbocycles. The van der Waals surface area contributed by atoms with Crippen LogP contribution < -0.4 is 0 Å². The number of rotatable bonds is 2. The van der Waals surface area contributed by atoms with Crippen LogP contribution in [0.1, 0.15) is 0 Å². The van der Waals surface area contributed by atoms with Gasteiger partial charge in [0, 0.05) is 23.3 Å². The summed E-state index contributed by atoms with van der Waals surface area (Å²) in [5.74, 6) is -2.75. The van der Waals surface area contributed by atoms with Gasteiger partial charge < -0.3 is 0 Å². The van der Waals surface area contributed by atoms with Crippen LogP contribution >= 0.6 is 22.7 Å². The number of fused-ring (bicyclic) bond motifs is 1. The standard InChI is InChI=1S/C16H6F4N2S2/c17-9-1-7(2-10(18)5-9)13-21-15-16(23-13)22-14(24-15)8-3-11(19)6-12(20)4-8/h1-6H. The SMILES string of the molecule is Fc1cc(F)cc(-c2nc3sc(-c4cc(F)cc(F)c4)nc3s2)c1. The molecule has 0 unspecified atom stereocenters. The van der Waals surface area contributed by atoms with Gasteiger partial charge in [0.2, 0.25) is 0 Å². The smallest absolute Gasteiger partial charge is 0.155 e. The Balaban J connectivity index is 1.77. The summed E-state index contributed by atoms with van der Waals surface area (Å²) in [6.45, 7) is 0. The number of aromatic nitrogens is 2. The van der Waals surface area contributed by atoms with Crippen molar-refractivity contribution in [2.45, 2.75) is 0 Å². The van der Waals surface area contributed by atoms with Crippen LogP contribution in [-0.2, 0) is 0 Å². The summed E-state index contributed by atoms with van der Waals surface area (Å²) >= 11 is 2.32. The van der Waals surface area contributed by atoms with Crippen molar-refractivity contribution < 1.29 is 17.6 Å². The molecule has 0 fully saturated rings. The highest BCUT2D eigenvalue weighted by Crippen LogP contribution is 2.37. The van der Waals surface area contributed by atoms with Crippen LogP contribution in [0.2, 0.25) is 0 Å². The summed E-state index contributed by atoms with van der Waals surface area (Å²) in [7, 11) is 0. The summed E-state index contributed by atoms with van der Waals surface area (Å²) in [6.07, 6.45) is 0. The van der Waals surface area contributed by atoms with E-state index in [-0.39, 0.29) is 0 Å². The van der Waals surface area contributed by atoms with Gasteiger partial charge in [0.1, 0.15) is 33.3 Å². The Hall–Kier alpha value is -2.32. The molecule has 2 nitrogen and oxygen atoms in total.